The molecule has 0 heterocycles. The molecule has 0 spiro atoms. The lowest BCUT2D eigenvalue weighted by Crippen LogP contribution is -2.32. The van der Waals surface area contributed by atoms with Crippen molar-refractivity contribution in [2.75, 3.05) is 6.54 Å². The minimum absolute atomic E-state index is 0.109. The number of carbonyl (C=O) groups is 2. The van der Waals surface area contributed by atoms with Crippen LogP contribution in [0.15, 0.2) is 48.5 Å². The van der Waals surface area contributed by atoms with Crippen LogP contribution < -0.4 is 10.6 Å². The van der Waals surface area contributed by atoms with Gasteiger partial charge in [-0.1, -0.05) is 41.9 Å². The summed E-state index contributed by atoms with van der Waals surface area (Å²) in [6, 6.07) is 14.6. The fraction of sp³-hybridized carbons (Fsp3) is 0.263. The maximum atomic E-state index is 12.1. The van der Waals surface area contributed by atoms with Gasteiger partial charge in [-0.25, -0.2) is 0 Å². The lowest BCUT2D eigenvalue weighted by Gasteiger charge is -2.14. The lowest BCUT2D eigenvalue weighted by molar-refractivity contribution is -0.121. The van der Waals surface area contributed by atoms with Gasteiger partial charge in [0.25, 0.3) is 5.91 Å². The van der Waals surface area contributed by atoms with Crippen LogP contribution in [0.25, 0.3) is 0 Å². The number of amides is 2. The predicted molar refractivity (Wildman–Crippen MR) is 96.1 cm³/mol. The molecule has 2 N–H and O–H groups in total. The van der Waals surface area contributed by atoms with Crippen LogP contribution in [-0.4, -0.2) is 18.4 Å². The number of hydrogen-bond donors (Lipinski definition) is 2. The molecule has 4 nitrogen and oxygen atoms in total. The fourth-order valence-corrected chi connectivity index (χ4v) is 2.49. The van der Waals surface area contributed by atoms with E-state index in [1.54, 1.807) is 18.2 Å². The van der Waals surface area contributed by atoms with Crippen LogP contribution >= 0.6 is 11.6 Å². The molecule has 0 aliphatic rings. The Labute approximate surface area is 147 Å². The van der Waals surface area contributed by atoms with Gasteiger partial charge in [-0.2, -0.15) is 0 Å². The van der Waals surface area contributed by atoms with E-state index in [0.29, 0.717) is 17.1 Å². The zero-order chi connectivity index (χ0) is 17.5. The molecule has 0 unspecified atom stereocenters. The van der Waals surface area contributed by atoms with Crippen molar-refractivity contribution in [2.45, 2.75) is 26.3 Å². The van der Waals surface area contributed by atoms with E-state index in [0.717, 1.165) is 11.1 Å². The van der Waals surface area contributed by atoms with Crippen LogP contribution in [0.2, 0.25) is 5.02 Å². The van der Waals surface area contributed by atoms with E-state index in [-0.39, 0.29) is 24.3 Å². The van der Waals surface area contributed by atoms with Crippen LogP contribution in [-0.2, 0) is 4.79 Å². The first-order valence-electron chi connectivity index (χ1n) is 7.86. The van der Waals surface area contributed by atoms with Gasteiger partial charge in [0.1, 0.15) is 0 Å². The first kappa shape index (κ1) is 18.0. The topological polar surface area (TPSA) is 58.2 Å². The molecule has 0 saturated carbocycles. The summed E-state index contributed by atoms with van der Waals surface area (Å²) in [5.41, 5.74) is 2.53. The zero-order valence-electron chi connectivity index (χ0n) is 13.8. The molecule has 24 heavy (non-hydrogen) atoms. The SMILES string of the molecule is Cc1ccccc1C(=O)NCCC(=O)N[C@@H](C)c1ccc(Cl)cc1. The van der Waals surface area contributed by atoms with Crippen LogP contribution in [0.4, 0.5) is 0 Å². The van der Waals surface area contributed by atoms with Gasteiger partial charge in [-0.05, 0) is 43.2 Å². The Kier molecular flexibility index (Phi) is 6.38. The molecule has 126 valence electrons. The van der Waals surface area contributed by atoms with E-state index in [2.05, 4.69) is 10.6 Å². The molecule has 0 aliphatic carbocycles. The molecule has 0 bridgehead atoms. The van der Waals surface area contributed by atoms with Crippen LogP contribution in [0.1, 0.15) is 40.9 Å². The summed E-state index contributed by atoms with van der Waals surface area (Å²) in [4.78, 5) is 24.1. The van der Waals surface area contributed by atoms with Crippen LogP contribution in [0.3, 0.4) is 0 Å². The first-order valence-corrected chi connectivity index (χ1v) is 8.24. The van der Waals surface area contributed by atoms with Crippen molar-refractivity contribution in [3.8, 4) is 0 Å². The Hall–Kier alpha value is -2.33. The summed E-state index contributed by atoms with van der Waals surface area (Å²) in [7, 11) is 0. The molecular formula is C19H21ClN2O2. The highest BCUT2D eigenvalue weighted by Crippen LogP contribution is 2.16. The first-order chi connectivity index (χ1) is 11.5. The molecule has 2 rings (SSSR count). The summed E-state index contributed by atoms with van der Waals surface area (Å²) < 4.78 is 0. The average molecular weight is 345 g/mol. The van der Waals surface area contributed by atoms with Crippen molar-refractivity contribution in [3.05, 3.63) is 70.2 Å². The Balaban J connectivity index is 1.78. The molecule has 2 aromatic rings. The second-order valence-corrected chi connectivity index (χ2v) is 6.10. The minimum Gasteiger partial charge on any atom is -0.352 e. The largest absolute Gasteiger partial charge is 0.352 e. The highest BCUT2D eigenvalue weighted by molar-refractivity contribution is 6.30. The van der Waals surface area contributed by atoms with Crippen LogP contribution in [0.5, 0.6) is 0 Å². The minimum atomic E-state index is -0.161. The summed E-state index contributed by atoms with van der Waals surface area (Å²) >= 11 is 5.85. The number of hydrogen-bond acceptors (Lipinski definition) is 2. The molecule has 0 aromatic heterocycles. The number of benzene rings is 2. The highest BCUT2D eigenvalue weighted by Gasteiger charge is 2.11. The van der Waals surface area contributed by atoms with Crippen molar-refractivity contribution in [1.29, 1.82) is 0 Å². The molecule has 0 saturated heterocycles. The van der Waals surface area contributed by atoms with E-state index in [4.69, 9.17) is 11.6 Å². The molecular weight excluding hydrogens is 324 g/mol. The molecule has 0 radical (unpaired) electrons. The third-order valence-corrected chi connectivity index (χ3v) is 4.03. The van der Waals surface area contributed by atoms with Gasteiger partial charge in [0, 0.05) is 23.6 Å². The lowest BCUT2D eigenvalue weighted by atomic mass is 10.1. The van der Waals surface area contributed by atoms with Crippen molar-refractivity contribution in [3.63, 3.8) is 0 Å². The summed E-state index contributed by atoms with van der Waals surface area (Å²) in [6.45, 7) is 4.09. The third kappa shape index (κ3) is 5.10. The van der Waals surface area contributed by atoms with E-state index in [9.17, 15) is 9.59 Å². The Morgan fingerprint density at radius 3 is 2.42 bits per heavy atom. The van der Waals surface area contributed by atoms with Gasteiger partial charge >= 0.3 is 0 Å². The number of nitrogens with one attached hydrogen (secondary N) is 2. The van der Waals surface area contributed by atoms with Gasteiger partial charge in [-0.15, -0.1) is 0 Å². The zero-order valence-corrected chi connectivity index (χ0v) is 14.6. The van der Waals surface area contributed by atoms with Crippen molar-refractivity contribution in [2.24, 2.45) is 0 Å². The van der Waals surface area contributed by atoms with Gasteiger partial charge in [-0.3, -0.25) is 9.59 Å². The highest BCUT2D eigenvalue weighted by atomic mass is 35.5. The van der Waals surface area contributed by atoms with Gasteiger partial charge in [0.15, 0.2) is 0 Å². The molecule has 5 heteroatoms. The molecule has 1 atom stereocenters. The number of rotatable bonds is 6. The Bertz CT molecular complexity index is 714. The average Bonchev–Trinajstić information content (AvgIpc) is 2.55. The Morgan fingerprint density at radius 1 is 1.08 bits per heavy atom. The van der Waals surface area contributed by atoms with Gasteiger partial charge in [0.2, 0.25) is 5.91 Å². The standard InChI is InChI=1S/C19H21ClN2O2/c1-13-5-3-4-6-17(13)19(24)21-12-11-18(23)22-14(2)15-7-9-16(20)10-8-15/h3-10,14H,11-12H2,1-2H3,(H,21,24)(H,22,23)/t14-/m0/s1. The summed E-state index contributed by atoms with van der Waals surface area (Å²) in [6.07, 6.45) is 0.232. The van der Waals surface area contributed by atoms with Crippen molar-refractivity contribution in [1.82, 2.24) is 10.6 Å². The normalized spacial score (nSPS) is 11.6. The number of aryl methyl sites for hydroxylation is 1. The van der Waals surface area contributed by atoms with Crippen molar-refractivity contribution >= 4 is 23.4 Å². The smallest absolute Gasteiger partial charge is 0.251 e. The van der Waals surface area contributed by atoms with Gasteiger partial charge in [0.05, 0.1) is 6.04 Å². The summed E-state index contributed by atoms with van der Waals surface area (Å²) in [5.74, 6) is -0.269. The molecule has 0 aliphatic heterocycles. The molecule has 0 fully saturated rings. The Morgan fingerprint density at radius 2 is 1.75 bits per heavy atom. The second-order valence-electron chi connectivity index (χ2n) is 5.66. The maximum absolute atomic E-state index is 12.1. The van der Waals surface area contributed by atoms with E-state index in [1.807, 2.05) is 44.2 Å². The van der Waals surface area contributed by atoms with Crippen LogP contribution in [0, 0.1) is 6.92 Å². The van der Waals surface area contributed by atoms with E-state index in [1.165, 1.54) is 0 Å². The third-order valence-electron chi connectivity index (χ3n) is 3.77. The summed E-state index contributed by atoms with van der Waals surface area (Å²) in [5, 5.41) is 6.34. The monoisotopic (exact) mass is 344 g/mol. The fourth-order valence-electron chi connectivity index (χ4n) is 2.36. The predicted octanol–water partition coefficient (Wildman–Crippen LogP) is 3.65. The maximum Gasteiger partial charge on any atom is 0.251 e. The molecule has 2 amide bonds. The molecule has 2 aromatic carbocycles. The van der Waals surface area contributed by atoms with E-state index < -0.39 is 0 Å². The van der Waals surface area contributed by atoms with E-state index >= 15 is 0 Å². The van der Waals surface area contributed by atoms with Crippen molar-refractivity contribution < 1.29 is 9.59 Å². The quantitative estimate of drug-likeness (QED) is 0.840. The number of carbonyl (C=O) groups excluding carboxylic acids is 2. The van der Waals surface area contributed by atoms with Gasteiger partial charge < -0.3 is 10.6 Å². The number of halogens is 1. The second kappa shape index (κ2) is 8.50.